The SMILES string of the molecule is CCc1ccc(C(C)(C)CNC(=O)Cn2cc(C(=O)O)nn2)cc1. The Balaban J connectivity index is 1.92. The van der Waals surface area contributed by atoms with Crippen LogP contribution in [0.25, 0.3) is 0 Å². The normalized spacial score (nSPS) is 11.3. The van der Waals surface area contributed by atoms with Crippen molar-refractivity contribution < 1.29 is 14.7 Å². The van der Waals surface area contributed by atoms with Gasteiger partial charge in [-0.05, 0) is 17.5 Å². The third-order valence-corrected chi connectivity index (χ3v) is 3.93. The van der Waals surface area contributed by atoms with E-state index in [2.05, 4.69) is 60.7 Å². The highest BCUT2D eigenvalue weighted by atomic mass is 16.4. The van der Waals surface area contributed by atoms with Crippen LogP contribution in [-0.2, 0) is 23.2 Å². The molecule has 0 aliphatic heterocycles. The summed E-state index contributed by atoms with van der Waals surface area (Å²) in [4.78, 5) is 22.8. The van der Waals surface area contributed by atoms with Gasteiger partial charge < -0.3 is 10.4 Å². The number of aromatic nitrogens is 3. The van der Waals surface area contributed by atoms with E-state index in [0.29, 0.717) is 6.54 Å². The summed E-state index contributed by atoms with van der Waals surface area (Å²) in [7, 11) is 0. The molecule has 1 aromatic heterocycles. The highest BCUT2D eigenvalue weighted by Gasteiger charge is 2.21. The molecule has 0 saturated heterocycles. The number of aromatic carboxylic acids is 1. The van der Waals surface area contributed by atoms with Crippen molar-refractivity contribution in [1.29, 1.82) is 0 Å². The van der Waals surface area contributed by atoms with Gasteiger partial charge in [-0.3, -0.25) is 4.79 Å². The Kier molecular flexibility index (Phi) is 5.33. The lowest BCUT2D eigenvalue weighted by molar-refractivity contribution is -0.122. The van der Waals surface area contributed by atoms with Gasteiger partial charge in [0.05, 0.1) is 6.20 Å². The first kappa shape index (κ1) is 17.7. The minimum atomic E-state index is -1.17. The van der Waals surface area contributed by atoms with Gasteiger partial charge in [-0.15, -0.1) is 5.10 Å². The second kappa shape index (κ2) is 7.25. The van der Waals surface area contributed by atoms with Crippen molar-refractivity contribution in [2.75, 3.05) is 6.54 Å². The zero-order chi connectivity index (χ0) is 17.7. The summed E-state index contributed by atoms with van der Waals surface area (Å²) in [5, 5.41) is 18.8. The lowest BCUT2D eigenvalue weighted by atomic mass is 9.84. The average Bonchev–Trinajstić information content (AvgIpc) is 3.02. The molecular formula is C17H22N4O3. The van der Waals surface area contributed by atoms with Gasteiger partial charge >= 0.3 is 5.97 Å². The van der Waals surface area contributed by atoms with E-state index in [9.17, 15) is 9.59 Å². The lowest BCUT2D eigenvalue weighted by Gasteiger charge is -2.26. The molecule has 1 aromatic carbocycles. The number of carbonyl (C=O) groups excluding carboxylic acids is 1. The van der Waals surface area contributed by atoms with Crippen molar-refractivity contribution >= 4 is 11.9 Å². The molecule has 0 atom stereocenters. The minimum Gasteiger partial charge on any atom is -0.476 e. The van der Waals surface area contributed by atoms with E-state index >= 15 is 0 Å². The third kappa shape index (κ3) is 4.41. The molecule has 128 valence electrons. The van der Waals surface area contributed by atoms with Crippen LogP contribution in [0.1, 0.15) is 42.4 Å². The Morgan fingerprint density at radius 3 is 2.46 bits per heavy atom. The van der Waals surface area contributed by atoms with Gasteiger partial charge in [0.25, 0.3) is 0 Å². The summed E-state index contributed by atoms with van der Waals surface area (Å²) in [6.45, 7) is 6.64. The Bertz CT molecular complexity index is 720. The molecule has 1 heterocycles. The van der Waals surface area contributed by atoms with Crippen LogP contribution in [0.3, 0.4) is 0 Å². The molecule has 7 nitrogen and oxygen atoms in total. The first-order valence-corrected chi connectivity index (χ1v) is 7.81. The maximum atomic E-state index is 12.0. The van der Waals surface area contributed by atoms with Gasteiger partial charge in [0.1, 0.15) is 6.54 Å². The van der Waals surface area contributed by atoms with Crippen LogP contribution in [0, 0.1) is 0 Å². The van der Waals surface area contributed by atoms with E-state index < -0.39 is 5.97 Å². The Morgan fingerprint density at radius 2 is 1.92 bits per heavy atom. The summed E-state index contributed by atoms with van der Waals surface area (Å²) >= 11 is 0. The molecule has 0 unspecified atom stereocenters. The molecule has 0 saturated carbocycles. The molecule has 0 radical (unpaired) electrons. The highest BCUT2D eigenvalue weighted by Crippen LogP contribution is 2.22. The first-order valence-electron chi connectivity index (χ1n) is 7.81. The third-order valence-electron chi connectivity index (χ3n) is 3.93. The molecule has 0 spiro atoms. The van der Waals surface area contributed by atoms with Crippen molar-refractivity contribution in [2.45, 2.75) is 39.2 Å². The van der Waals surface area contributed by atoms with Crippen LogP contribution in [-0.4, -0.2) is 38.5 Å². The summed E-state index contributed by atoms with van der Waals surface area (Å²) < 4.78 is 1.21. The number of aryl methyl sites for hydroxylation is 1. The number of nitrogens with one attached hydrogen (secondary N) is 1. The topological polar surface area (TPSA) is 97.1 Å². The molecule has 2 aromatic rings. The fourth-order valence-corrected chi connectivity index (χ4v) is 2.29. The van der Waals surface area contributed by atoms with Gasteiger partial charge in [0.15, 0.2) is 5.69 Å². The molecule has 2 N–H and O–H groups in total. The fourth-order valence-electron chi connectivity index (χ4n) is 2.29. The molecule has 0 aliphatic rings. The van der Waals surface area contributed by atoms with Gasteiger partial charge in [-0.1, -0.05) is 50.3 Å². The molecule has 1 amide bonds. The molecule has 0 aliphatic carbocycles. The standard InChI is InChI=1S/C17H22N4O3/c1-4-12-5-7-13(8-6-12)17(2,3)11-18-15(22)10-21-9-14(16(23)24)19-20-21/h5-9H,4,10-11H2,1-3H3,(H,18,22)(H,23,24). The number of benzene rings is 1. The predicted molar refractivity (Wildman–Crippen MR) is 88.8 cm³/mol. The molecule has 0 fully saturated rings. The van der Waals surface area contributed by atoms with Gasteiger partial charge in [-0.2, -0.15) is 0 Å². The second-order valence-corrected chi connectivity index (χ2v) is 6.32. The van der Waals surface area contributed by atoms with E-state index in [1.165, 1.54) is 16.4 Å². The van der Waals surface area contributed by atoms with E-state index in [4.69, 9.17) is 5.11 Å². The van der Waals surface area contributed by atoms with Crippen molar-refractivity contribution in [3.8, 4) is 0 Å². The maximum absolute atomic E-state index is 12.0. The minimum absolute atomic E-state index is 0.0644. The van der Waals surface area contributed by atoms with E-state index in [1.807, 2.05) is 0 Å². The Morgan fingerprint density at radius 1 is 1.25 bits per heavy atom. The smallest absolute Gasteiger partial charge is 0.358 e. The fraction of sp³-hybridized carbons (Fsp3) is 0.412. The van der Waals surface area contributed by atoms with Crippen molar-refractivity contribution in [3.63, 3.8) is 0 Å². The van der Waals surface area contributed by atoms with Crippen LogP contribution in [0.15, 0.2) is 30.5 Å². The molecular weight excluding hydrogens is 308 g/mol. The number of hydrogen-bond donors (Lipinski definition) is 2. The number of carboxylic acid groups (broad SMARTS) is 1. The van der Waals surface area contributed by atoms with Gasteiger partial charge in [-0.25, -0.2) is 9.48 Å². The maximum Gasteiger partial charge on any atom is 0.358 e. The number of amides is 1. The Labute approximate surface area is 140 Å². The van der Waals surface area contributed by atoms with Crippen LogP contribution in [0.4, 0.5) is 0 Å². The molecule has 2 rings (SSSR count). The lowest BCUT2D eigenvalue weighted by Crippen LogP contribution is -2.38. The van der Waals surface area contributed by atoms with E-state index in [-0.39, 0.29) is 23.6 Å². The summed E-state index contributed by atoms with van der Waals surface area (Å²) in [6.07, 6.45) is 2.23. The number of nitrogens with zero attached hydrogens (tertiary/aromatic N) is 3. The number of carboxylic acids is 1. The zero-order valence-corrected chi connectivity index (χ0v) is 14.1. The zero-order valence-electron chi connectivity index (χ0n) is 14.1. The van der Waals surface area contributed by atoms with Crippen LogP contribution >= 0.6 is 0 Å². The van der Waals surface area contributed by atoms with Crippen LogP contribution < -0.4 is 5.32 Å². The Hall–Kier alpha value is -2.70. The summed E-state index contributed by atoms with van der Waals surface area (Å²) in [6, 6.07) is 8.37. The molecule has 7 heteroatoms. The molecule has 0 bridgehead atoms. The predicted octanol–water partition coefficient (Wildman–Crippen LogP) is 1.63. The van der Waals surface area contributed by atoms with Crippen LogP contribution in [0.5, 0.6) is 0 Å². The van der Waals surface area contributed by atoms with Crippen molar-refractivity contribution in [2.24, 2.45) is 0 Å². The van der Waals surface area contributed by atoms with E-state index in [1.54, 1.807) is 0 Å². The second-order valence-electron chi connectivity index (χ2n) is 6.32. The number of carbonyl (C=O) groups is 2. The average molecular weight is 330 g/mol. The van der Waals surface area contributed by atoms with Gasteiger partial charge in [0, 0.05) is 12.0 Å². The monoisotopic (exact) mass is 330 g/mol. The van der Waals surface area contributed by atoms with Gasteiger partial charge in [0.2, 0.25) is 5.91 Å². The number of hydrogen-bond acceptors (Lipinski definition) is 4. The molecule has 24 heavy (non-hydrogen) atoms. The first-order chi connectivity index (χ1) is 11.3. The largest absolute Gasteiger partial charge is 0.476 e. The summed E-state index contributed by atoms with van der Waals surface area (Å²) in [5.74, 6) is -1.41. The van der Waals surface area contributed by atoms with E-state index in [0.717, 1.165) is 12.0 Å². The highest BCUT2D eigenvalue weighted by molar-refractivity contribution is 5.84. The quantitative estimate of drug-likeness (QED) is 0.804. The number of rotatable bonds is 7. The van der Waals surface area contributed by atoms with Crippen molar-refractivity contribution in [1.82, 2.24) is 20.3 Å². The van der Waals surface area contributed by atoms with Crippen LogP contribution in [0.2, 0.25) is 0 Å². The summed E-state index contributed by atoms with van der Waals surface area (Å²) in [5.41, 5.74) is 2.03. The van der Waals surface area contributed by atoms with Crippen molar-refractivity contribution in [3.05, 3.63) is 47.3 Å².